The Morgan fingerprint density at radius 2 is 1.60 bits per heavy atom. The van der Waals surface area contributed by atoms with E-state index in [0.29, 0.717) is 0 Å². The number of unbranched alkanes of at least 4 members (excludes halogenated alkanes) is 1. The number of nitrogens with one attached hydrogen (secondary N) is 1. The zero-order valence-electron chi connectivity index (χ0n) is 10.8. The van der Waals surface area contributed by atoms with Crippen LogP contribution in [0.15, 0.2) is 0 Å². The normalized spacial score (nSPS) is 12.0. The molecule has 0 rings (SSSR count). The average molecular weight is 217 g/mol. The van der Waals surface area contributed by atoms with E-state index in [1.807, 2.05) is 6.92 Å². The molecule has 0 aliphatic heterocycles. The van der Waals surface area contributed by atoms with Gasteiger partial charge in [0.2, 0.25) is 0 Å². The maximum Gasteiger partial charge on any atom is 0.0700 e. The Hall–Kier alpha value is -0.120. The van der Waals surface area contributed by atoms with Crippen LogP contribution in [0.2, 0.25) is 0 Å². The van der Waals surface area contributed by atoms with Gasteiger partial charge in [-0.25, -0.2) is 0 Å². The minimum Gasteiger partial charge on any atom is -0.379 e. The van der Waals surface area contributed by atoms with Crippen LogP contribution in [-0.2, 0) is 9.47 Å². The lowest BCUT2D eigenvalue weighted by Crippen LogP contribution is -2.36. The summed E-state index contributed by atoms with van der Waals surface area (Å²) >= 11 is 0. The fourth-order valence-corrected chi connectivity index (χ4v) is 1.16. The fraction of sp³-hybridized carbons (Fsp3) is 1.00. The van der Waals surface area contributed by atoms with Gasteiger partial charge in [0.1, 0.15) is 0 Å². The molecule has 0 radical (unpaired) electrons. The molecule has 0 saturated heterocycles. The molecule has 0 spiro atoms. The van der Waals surface area contributed by atoms with Crippen LogP contribution in [-0.4, -0.2) is 38.5 Å². The van der Waals surface area contributed by atoms with Gasteiger partial charge in [-0.15, -0.1) is 0 Å². The third kappa shape index (κ3) is 13.9. The van der Waals surface area contributed by atoms with Crippen LogP contribution in [0.5, 0.6) is 0 Å². The van der Waals surface area contributed by atoms with Crippen molar-refractivity contribution in [3.63, 3.8) is 0 Å². The highest BCUT2D eigenvalue weighted by Crippen LogP contribution is 1.99. The van der Waals surface area contributed by atoms with Crippen molar-refractivity contribution >= 4 is 0 Å². The Bertz CT molecular complexity index is 132. The van der Waals surface area contributed by atoms with Crippen molar-refractivity contribution in [3.8, 4) is 0 Å². The van der Waals surface area contributed by atoms with E-state index in [2.05, 4.69) is 26.1 Å². The van der Waals surface area contributed by atoms with Crippen molar-refractivity contribution in [1.29, 1.82) is 0 Å². The van der Waals surface area contributed by atoms with Crippen LogP contribution < -0.4 is 5.32 Å². The molecule has 0 amide bonds. The Kier molecular flexibility index (Phi) is 9.06. The van der Waals surface area contributed by atoms with Gasteiger partial charge in [0.05, 0.1) is 13.2 Å². The second-order valence-corrected chi connectivity index (χ2v) is 4.69. The highest BCUT2D eigenvalue weighted by atomic mass is 16.5. The summed E-state index contributed by atoms with van der Waals surface area (Å²) in [5.41, 5.74) is 0.232. The number of rotatable bonds is 9. The first-order valence-electron chi connectivity index (χ1n) is 5.97. The smallest absolute Gasteiger partial charge is 0.0700 e. The van der Waals surface area contributed by atoms with E-state index in [1.165, 1.54) is 6.42 Å². The van der Waals surface area contributed by atoms with E-state index < -0.39 is 0 Å². The van der Waals surface area contributed by atoms with E-state index >= 15 is 0 Å². The Morgan fingerprint density at radius 1 is 0.933 bits per heavy atom. The molecule has 0 fully saturated rings. The van der Waals surface area contributed by atoms with Gasteiger partial charge in [-0.2, -0.15) is 0 Å². The molecule has 0 aliphatic rings. The summed E-state index contributed by atoms with van der Waals surface area (Å²) in [7, 11) is 0. The third-order valence-electron chi connectivity index (χ3n) is 1.95. The van der Waals surface area contributed by atoms with Gasteiger partial charge in [0.25, 0.3) is 0 Å². The monoisotopic (exact) mass is 217 g/mol. The van der Waals surface area contributed by atoms with Crippen molar-refractivity contribution in [2.75, 3.05) is 33.0 Å². The van der Waals surface area contributed by atoms with Gasteiger partial charge >= 0.3 is 0 Å². The second-order valence-electron chi connectivity index (χ2n) is 4.69. The summed E-state index contributed by atoms with van der Waals surface area (Å²) in [6, 6.07) is 0. The van der Waals surface area contributed by atoms with Gasteiger partial charge in [-0.1, -0.05) is 0 Å². The third-order valence-corrected chi connectivity index (χ3v) is 1.95. The lowest BCUT2D eigenvalue weighted by molar-refractivity contribution is 0.0513. The second kappa shape index (κ2) is 9.13. The minimum absolute atomic E-state index is 0.232. The summed E-state index contributed by atoms with van der Waals surface area (Å²) in [5.74, 6) is 0. The molecule has 0 atom stereocenters. The summed E-state index contributed by atoms with van der Waals surface area (Å²) < 4.78 is 10.6. The molecule has 0 aliphatic carbocycles. The first kappa shape index (κ1) is 14.9. The van der Waals surface area contributed by atoms with Gasteiger partial charge in [0.15, 0.2) is 0 Å². The van der Waals surface area contributed by atoms with Gasteiger partial charge < -0.3 is 14.8 Å². The minimum atomic E-state index is 0.232. The van der Waals surface area contributed by atoms with E-state index in [-0.39, 0.29) is 5.54 Å². The van der Waals surface area contributed by atoms with Crippen molar-refractivity contribution in [1.82, 2.24) is 5.32 Å². The van der Waals surface area contributed by atoms with E-state index in [4.69, 9.17) is 9.47 Å². The first-order chi connectivity index (χ1) is 7.06. The molecular weight excluding hydrogens is 190 g/mol. The van der Waals surface area contributed by atoms with Crippen LogP contribution in [0.4, 0.5) is 0 Å². The highest BCUT2D eigenvalue weighted by Gasteiger charge is 2.06. The van der Waals surface area contributed by atoms with Crippen LogP contribution >= 0.6 is 0 Å². The van der Waals surface area contributed by atoms with Crippen LogP contribution in [0.25, 0.3) is 0 Å². The van der Waals surface area contributed by atoms with Gasteiger partial charge in [-0.05, 0) is 47.1 Å². The molecule has 0 aromatic heterocycles. The zero-order chi connectivity index (χ0) is 11.6. The van der Waals surface area contributed by atoms with E-state index in [9.17, 15) is 0 Å². The molecular formula is C12H27NO2. The molecule has 0 bridgehead atoms. The summed E-state index contributed by atoms with van der Waals surface area (Å²) in [6.45, 7) is 12.7. The summed E-state index contributed by atoms with van der Waals surface area (Å²) in [4.78, 5) is 0. The maximum atomic E-state index is 5.42. The van der Waals surface area contributed by atoms with Crippen LogP contribution in [0.1, 0.15) is 40.5 Å². The molecule has 92 valence electrons. The van der Waals surface area contributed by atoms with Crippen molar-refractivity contribution in [2.45, 2.75) is 46.1 Å². The molecule has 1 N–H and O–H groups in total. The van der Waals surface area contributed by atoms with Crippen molar-refractivity contribution in [2.24, 2.45) is 0 Å². The quantitative estimate of drug-likeness (QED) is 0.601. The standard InChI is InChI=1S/C12H27NO2/c1-5-14-10-11-15-9-7-6-8-13-12(2,3)4/h13H,5-11H2,1-4H3. The van der Waals surface area contributed by atoms with Crippen LogP contribution in [0.3, 0.4) is 0 Å². The van der Waals surface area contributed by atoms with Crippen LogP contribution in [0, 0.1) is 0 Å². The summed E-state index contributed by atoms with van der Waals surface area (Å²) in [6.07, 6.45) is 2.29. The SMILES string of the molecule is CCOCCOCCCCNC(C)(C)C. The van der Waals surface area contributed by atoms with Crippen molar-refractivity contribution < 1.29 is 9.47 Å². The fourth-order valence-electron chi connectivity index (χ4n) is 1.16. The van der Waals surface area contributed by atoms with Crippen molar-refractivity contribution in [3.05, 3.63) is 0 Å². The molecule has 0 saturated carbocycles. The summed E-state index contributed by atoms with van der Waals surface area (Å²) in [5, 5.41) is 3.45. The highest BCUT2D eigenvalue weighted by molar-refractivity contribution is 4.69. The topological polar surface area (TPSA) is 30.5 Å². The first-order valence-corrected chi connectivity index (χ1v) is 5.97. The lowest BCUT2D eigenvalue weighted by Gasteiger charge is -2.20. The predicted molar refractivity (Wildman–Crippen MR) is 64.3 cm³/mol. The Labute approximate surface area is 94.5 Å². The predicted octanol–water partition coefficient (Wildman–Crippen LogP) is 2.21. The molecule has 0 aromatic rings. The Balaban J connectivity index is 2.99. The molecule has 0 aromatic carbocycles. The largest absolute Gasteiger partial charge is 0.379 e. The number of hydrogen-bond acceptors (Lipinski definition) is 3. The molecule has 3 heteroatoms. The van der Waals surface area contributed by atoms with E-state index in [1.54, 1.807) is 0 Å². The molecule has 15 heavy (non-hydrogen) atoms. The molecule has 0 unspecified atom stereocenters. The van der Waals surface area contributed by atoms with Gasteiger partial charge in [-0.3, -0.25) is 0 Å². The number of hydrogen-bond donors (Lipinski definition) is 1. The van der Waals surface area contributed by atoms with E-state index in [0.717, 1.165) is 39.4 Å². The average Bonchev–Trinajstić information content (AvgIpc) is 2.14. The zero-order valence-corrected chi connectivity index (χ0v) is 10.8. The maximum absolute atomic E-state index is 5.42. The Morgan fingerprint density at radius 3 is 2.20 bits per heavy atom. The van der Waals surface area contributed by atoms with Gasteiger partial charge in [0, 0.05) is 18.8 Å². The number of ether oxygens (including phenoxy) is 2. The molecule has 3 nitrogen and oxygen atoms in total. The molecule has 0 heterocycles. The lowest BCUT2D eigenvalue weighted by atomic mass is 10.1.